The predicted molar refractivity (Wildman–Crippen MR) is 72.8 cm³/mol. The van der Waals surface area contributed by atoms with Crippen LogP contribution in [0.15, 0.2) is 24.3 Å². The molecule has 0 N–H and O–H groups in total. The third-order valence-electron chi connectivity index (χ3n) is 2.97. The van der Waals surface area contributed by atoms with E-state index in [-0.39, 0.29) is 16.8 Å². The van der Waals surface area contributed by atoms with Gasteiger partial charge in [0.25, 0.3) is 0 Å². The van der Waals surface area contributed by atoms with Crippen LogP contribution in [0, 0.1) is 12.8 Å². The number of carbonyl (C=O) groups is 1. The predicted octanol–water partition coefficient (Wildman–Crippen LogP) is 2.97. The zero-order valence-corrected chi connectivity index (χ0v) is 11.7. The number of aryl methyl sites for hydroxylation is 1. The molecule has 0 bridgehead atoms. The molecule has 0 saturated heterocycles. The first-order valence-electron chi connectivity index (χ1n) is 5.89. The van der Waals surface area contributed by atoms with Crippen molar-refractivity contribution in [1.29, 1.82) is 0 Å². The Morgan fingerprint density at radius 2 is 1.94 bits per heavy atom. The van der Waals surface area contributed by atoms with Gasteiger partial charge in [-0.2, -0.15) is 0 Å². The van der Waals surface area contributed by atoms with Gasteiger partial charge in [0.2, 0.25) is 0 Å². The first kappa shape index (κ1) is 14.1. The fourth-order valence-corrected chi connectivity index (χ4v) is 2.76. The standard InChI is InChI=1S/C14H20O2S/c1-10(2)12(4)17(16)9-14(15)13-7-5-6-11(3)8-13/h5-8,10,12H,9H2,1-4H3. The second-order valence-electron chi connectivity index (χ2n) is 4.77. The molecule has 0 aliphatic heterocycles. The Morgan fingerprint density at radius 1 is 1.29 bits per heavy atom. The van der Waals surface area contributed by atoms with E-state index in [1.165, 1.54) is 0 Å². The molecule has 0 aromatic heterocycles. The number of ketones is 1. The van der Waals surface area contributed by atoms with Crippen molar-refractivity contribution in [2.75, 3.05) is 5.75 Å². The largest absolute Gasteiger partial charge is 0.293 e. The van der Waals surface area contributed by atoms with Crippen LogP contribution in [0.1, 0.15) is 36.7 Å². The summed E-state index contributed by atoms with van der Waals surface area (Å²) in [7, 11) is -1.08. The highest BCUT2D eigenvalue weighted by molar-refractivity contribution is 7.86. The normalized spacial score (nSPS) is 14.6. The Hall–Kier alpha value is -0.960. The molecule has 1 aromatic rings. The Kier molecular flexibility index (Phi) is 5.06. The van der Waals surface area contributed by atoms with Crippen LogP contribution < -0.4 is 0 Å². The van der Waals surface area contributed by atoms with E-state index in [1.54, 1.807) is 6.07 Å². The van der Waals surface area contributed by atoms with Gasteiger partial charge in [0, 0.05) is 21.6 Å². The van der Waals surface area contributed by atoms with Crippen molar-refractivity contribution in [2.24, 2.45) is 5.92 Å². The van der Waals surface area contributed by atoms with E-state index < -0.39 is 10.8 Å². The maximum Gasteiger partial charge on any atom is 0.175 e. The summed E-state index contributed by atoms with van der Waals surface area (Å²) in [5, 5.41) is 0.0590. The van der Waals surface area contributed by atoms with E-state index in [0.29, 0.717) is 11.5 Å². The quantitative estimate of drug-likeness (QED) is 0.755. The van der Waals surface area contributed by atoms with Crippen molar-refractivity contribution < 1.29 is 9.00 Å². The monoisotopic (exact) mass is 252 g/mol. The van der Waals surface area contributed by atoms with Gasteiger partial charge in [0.05, 0.1) is 5.75 Å². The third-order valence-corrected chi connectivity index (χ3v) is 4.89. The number of benzene rings is 1. The highest BCUT2D eigenvalue weighted by atomic mass is 32.2. The third kappa shape index (κ3) is 4.08. The van der Waals surface area contributed by atoms with E-state index in [9.17, 15) is 9.00 Å². The van der Waals surface area contributed by atoms with Crippen molar-refractivity contribution in [2.45, 2.75) is 32.9 Å². The minimum Gasteiger partial charge on any atom is -0.293 e. The summed E-state index contributed by atoms with van der Waals surface area (Å²) in [5.41, 5.74) is 1.72. The molecule has 0 heterocycles. The number of hydrogen-bond acceptors (Lipinski definition) is 2. The van der Waals surface area contributed by atoms with Crippen LogP contribution in [0.4, 0.5) is 0 Å². The molecule has 2 atom stereocenters. The van der Waals surface area contributed by atoms with Crippen molar-refractivity contribution in [3.63, 3.8) is 0 Å². The molecule has 17 heavy (non-hydrogen) atoms. The maximum absolute atomic E-state index is 11.9. The van der Waals surface area contributed by atoms with Gasteiger partial charge in [0.15, 0.2) is 5.78 Å². The molecular formula is C14H20O2S. The van der Waals surface area contributed by atoms with Crippen LogP contribution >= 0.6 is 0 Å². The lowest BCUT2D eigenvalue weighted by Gasteiger charge is -2.14. The molecule has 0 aliphatic rings. The molecule has 0 spiro atoms. The average molecular weight is 252 g/mol. The first-order chi connectivity index (χ1) is 7.91. The minimum atomic E-state index is -1.08. The lowest BCUT2D eigenvalue weighted by atomic mass is 10.1. The molecular weight excluding hydrogens is 232 g/mol. The summed E-state index contributed by atoms with van der Waals surface area (Å²) in [4.78, 5) is 11.9. The van der Waals surface area contributed by atoms with Gasteiger partial charge in [0.1, 0.15) is 0 Å². The van der Waals surface area contributed by atoms with Gasteiger partial charge in [-0.15, -0.1) is 0 Å². The minimum absolute atomic E-state index is 0.0282. The van der Waals surface area contributed by atoms with E-state index in [1.807, 2.05) is 45.9 Å². The molecule has 0 aliphatic carbocycles. The van der Waals surface area contributed by atoms with E-state index in [0.717, 1.165) is 5.56 Å². The number of rotatable bonds is 5. The van der Waals surface area contributed by atoms with Gasteiger partial charge < -0.3 is 0 Å². The van der Waals surface area contributed by atoms with Gasteiger partial charge in [-0.1, -0.05) is 44.5 Å². The fourth-order valence-electron chi connectivity index (χ4n) is 1.47. The summed E-state index contributed by atoms with van der Waals surface area (Å²) >= 11 is 0. The fraction of sp³-hybridized carbons (Fsp3) is 0.500. The van der Waals surface area contributed by atoms with Crippen LogP contribution in [0.3, 0.4) is 0 Å². The van der Waals surface area contributed by atoms with Crippen LogP contribution in [-0.2, 0) is 10.8 Å². The van der Waals surface area contributed by atoms with Crippen molar-refractivity contribution >= 4 is 16.6 Å². The Morgan fingerprint density at radius 3 is 2.47 bits per heavy atom. The second kappa shape index (κ2) is 6.10. The van der Waals surface area contributed by atoms with Crippen molar-refractivity contribution in [1.82, 2.24) is 0 Å². The lowest BCUT2D eigenvalue weighted by Crippen LogP contribution is -2.24. The smallest absolute Gasteiger partial charge is 0.175 e. The van der Waals surface area contributed by atoms with Crippen LogP contribution in [0.2, 0.25) is 0 Å². The highest BCUT2D eigenvalue weighted by Gasteiger charge is 2.18. The summed E-state index contributed by atoms with van der Waals surface area (Å²) < 4.78 is 11.9. The van der Waals surface area contributed by atoms with Gasteiger partial charge in [-0.3, -0.25) is 9.00 Å². The Bertz CT molecular complexity index is 424. The first-order valence-corrected chi connectivity index (χ1v) is 7.27. The lowest BCUT2D eigenvalue weighted by molar-refractivity contribution is 0.102. The topological polar surface area (TPSA) is 34.1 Å². The molecule has 1 rings (SSSR count). The maximum atomic E-state index is 11.9. The molecule has 0 fully saturated rings. The van der Waals surface area contributed by atoms with Crippen LogP contribution in [0.5, 0.6) is 0 Å². The zero-order chi connectivity index (χ0) is 13.0. The van der Waals surface area contributed by atoms with Crippen LogP contribution in [0.25, 0.3) is 0 Å². The van der Waals surface area contributed by atoms with Crippen LogP contribution in [-0.4, -0.2) is 21.0 Å². The summed E-state index contributed by atoms with van der Waals surface area (Å²) in [5.74, 6) is 0.434. The molecule has 2 nitrogen and oxygen atoms in total. The van der Waals surface area contributed by atoms with Gasteiger partial charge in [-0.25, -0.2) is 0 Å². The Labute approximate surface area is 106 Å². The molecule has 2 unspecified atom stereocenters. The van der Waals surface area contributed by atoms with Crippen molar-refractivity contribution in [3.8, 4) is 0 Å². The summed E-state index contributed by atoms with van der Waals surface area (Å²) in [6.07, 6.45) is 0. The van der Waals surface area contributed by atoms with Crippen molar-refractivity contribution in [3.05, 3.63) is 35.4 Å². The molecule has 0 radical (unpaired) electrons. The summed E-state index contributed by atoms with van der Waals surface area (Å²) in [6, 6.07) is 7.44. The SMILES string of the molecule is Cc1cccc(C(=O)CS(=O)C(C)C(C)C)c1. The zero-order valence-electron chi connectivity index (χ0n) is 10.9. The molecule has 3 heteroatoms. The molecule has 0 amide bonds. The second-order valence-corrected chi connectivity index (χ2v) is 6.56. The molecule has 1 aromatic carbocycles. The van der Waals surface area contributed by atoms with E-state index >= 15 is 0 Å². The highest BCUT2D eigenvalue weighted by Crippen LogP contribution is 2.11. The van der Waals surface area contributed by atoms with E-state index in [2.05, 4.69) is 0 Å². The number of carbonyl (C=O) groups excluding carboxylic acids is 1. The van der Waals surface area contributed by atoms with Gasteiger partial charge >= 0.3 is 0 Å². The molecule has 94 valence electrons. The molecule has 0 saturated carbocycles. The number of Topliss-reactive ketones (excluding diaryl/α,β-unsaturated/α-hetero) is 1. The average Bonchev–Trinajstić information content (AvgIpc) is 2.27. The van der Waals surface area contributed by atoms with E-state index in [4.69, 9.17) is 0 Å². The Balaban J connectivity index is 2.70. The van der Waals surface area contributed by atoms with Gasteiger partial charge in [-0.05, 0) is 18.9 Å². The summed E-state index contributed by atoms with van der Waals surface area (Å²) in [6.45, 7) is 7.94. The number of hydrogen-bond donors (Lipinski definition) is 0.